The van der Waals surface area contributed by atoms with Crippen LogP contribution in [0.4, 0.5) is 0 Å². The zero-order valence-electron chi connectivity index (χ0n) is 15.9. The van der Waals surface area contributed by atoms with E-state index in [1.54, 1.807) is 12.2 Å². The molecule has 0 unspecified atom stereocenters. The lowest BCUT2D eigenvalue weighted by atomic mass is 10.0. The van der Waals surface area contributed by atoms with Crippen molar-refractivity contribution in [3.05, 3.63) is 108 Å². The van der Waals surface area contributed by atoms with Gasteiger partial charge in [-0.25, -0.2) is 0 Å². The predicted octanol–water partition coefficient (Wildman–Crippen LogP) is 6.25. The fourth-order valence-electron chi connectivity index (χ4n) is 3.45. The van der Waals surface area contributed by atoms with Crippen LogP contribution in [0.1, 0.15) is 17.5 Å². The van der Waals surface area contributed by atoms with Crippen molar-refractivity contribution in [2.75, 3.05) is 0 Å². The summed E-state index contributed by atoms with van der Waals surface area (Å²) in [5, 5.41) is 4.41. The van der Waals surface area contributed by atoms with Crippen molar-refractivity contribution in [1.82, 2.24) is 0 Å². The fraction of sp³-hybridized carbons (Fsp3) is 0.0370. The monoisotopic (exact) mass is 376 g/mol. The summed E-state index contributed by atoms with van der Waals surface area (Å²) in [5.74, 6) is -0.406. The van der Waals surface area contributed by atoms with E-state index in [1.807, 2.05) is 84.9 Å². The second kappa shape index (κ2) is 8.49. The summed E-state index contributed by atoms with van der Waals surface area (Å²) in [6, 6.07) is 28.0. The lowest BCUT2D eigenvalue weighted by molar-refractivity contribution is -0.121. The summed E-state index contributed by atoms with van der Waals surface area (Å²) in [7, 11) is 0. The normalized spacial score (nSPS) is 11.6. The molecule has 0 atom stereocenters. The summed E-state index contributed by atoms with van der Waals surface area (Å²) in [6.45, 7) is 0. The number of rotatable bonds is 6. The third-order valence-electron chi connectivity index (χ3n) is 4.89. The van der Waals surface area contributed by atoms with Crippen LogP contribution < -0.4 is 0 Å². The van der Waals surface area contributed by atoms with Gasteiger partial charge >= 0.3 is 0 Å². The zero-order chi connectivity index (χ0) is 20.1. The molecular formula is C27H20O2. The number of benzene rings is 4. The van der Waals surface area contributed by atoms with Crippen molar-refractivity contribution in [3.63, 3.8) is 0 Å². The first-order chi connectivity index (χ1) is 14.2. The van der Waals surface area contributed by atoms with E-state index >= 15 is 0 Å². The van der Waals surface area contributed by atoms with E-state index in [0.29, 0.717) is 0 Å². The smallest absolute Gasteiger partial charge is 0.163 e. The van der Waals surface area contributed by atoms with E-state index in [2.05, 4.69) is 0 Å². The molecule has 0 aromatic heterocycles. The first-order valence-electron chi connectivity index (χ1n) is 9.58. The van der Waals surface area contributed by atoms with Crippen LogP contribution in [-0.2, 0) is 9.59 Å². The van der Waals surface area contributed by atoms with Crippen LogP contribution in [0.3, 0.4) is 0 Å². The molecule has 0 spiro atoms. The number of carbonyl (C=O) groups excluding carboxylic acids is 2. The summed E-state index contributed by atoms with van der Waals surface area (Å²) in [5.41, 5.74) is 1.94. The van der Waals surface area contributed by atoms with Crippen molar-refractivity contribution < 1.29 is 9.59 Å². The Labute approximate surface area is 169 Å². The lowest BCUT2D eigenvalue weighted by Gasteiger charge is -2.02. The molecule has 0 amide bonds. The number of ketones is 2. The minimum Gasteiger partial charge on any atom is -0.294 e. The van der Waals surface area contributed by atoms with Crippen LogP contribution >= 0.6 is 0 Å². The molecule has 0 fully saturated rings. The molecule has 0 saturated carbocycles. The lowest BCUT2D eigenvalue weighted by Crippen LogP contribution is -2.01. The number of hydrogen-bond donors (Lipinski definition) is 0. The van der Waals surface area contributed by atoms with Crippen LogP contribution in [0.2, 0.25) is 0 Å². The highest BCUT2D eigenvalue weighted by molar-refractivity contribution is 6.11. The summed E-state index contributed by atoms with van der Waals surface area (Å²) < 4.78 is 0. The van der Waals surface area contributed by atoms with E-state index in [0.717, 1.165) is 32.7 Å². The Kier molecular flexibility index (Phi) is 5.44. The fourth-order valence-corrected chi connectivity index (χ4v) is 3.45. The molecule has 4 aromatic rings. The average Bonchev–Trinajstić information content (AvgIpc) is 2.76. The second-order valence-electron chi connectivity index (χ2n) is 6.91. The maximum absolute atomic E-state index is 12.2. The van der Waals surface area contributed by atoms with E-state index in [-0.39, 0.29) is 18.0 Å². The quantitative estimate of drug-likeness (QED) is 0.294. The molecule has 2 heteroatoms. The first-order valence-corrected chi connectivity index (χ1v) is 9.58. The van der Waals surface area contributed by atoms with Crippen molar-refractivity contribution in [2.45, 2.75) is 6.42 Å². The van der Waals surface area contributed by atoms with E-state index in [9.17, 15) is 9.59 Å². The van der Waals surface area contributed by atoms with Gasteiger partial charge in [-0.15, -0.1) is 0 Å². The van der Waals surface area contributed by atoms with Crippen LogP contribution in [-0.4, -0.2) is 11.6 Å². The van der Waals surface area contributed by atoms with Crippen LogP contribution in [0, 0.1) is 0 Å². The third-order valence-corrected chi connectivity index (χ3v) is 4.89. The molecule has 2 nitrogen and oxygen atoms in total. The Hall–Kier alpha value is -3.78. The van der Waals surface area contributed by atoms with Gasteiger partial charge in [0.15, 0.2) is 11.6 Å². The number of fused-ring (bicyclic) bond motifs is 2. The van der Waals surface area contributed by atoms with Gasteiger partial charge in [-0.2, -0.15) is 0 Å². The van der Waals surface area contributed by atoms with Gasteiger partial charge < -0.3 is 0 Å². The maximum Gasteiger partial charge on any atom is 0.163 e. The van der Waals surface area contributed by atoms with Gasteiger partial charge in [-0.1, -0.05) is 97.1 Å². The Bertz CT molecular complexity index is 1150. The molecular weight excluding hydrogens is 356 g/mol. The highest BCUT2D eigenvalue weighted by Gasteiger charge is 2.05. The van der Waals surface area contributed by atoms with Gasteiger partial charge in [0.2, 0.25) is 0 Å². The average molecular weight is 376 g/mol. The van der Waals surface area contributed by atoms with Crippen molar-refractivity contribution in [1.29, 1.82) is 0 Å². The van der Waals surface area contributed by atoms with Gasteiger partial charge in [0.05, 0.1) is 6.42 Å². The van der Waals surface area contributed by atoms with Crippen molar-refractivity contribution in [3.8, 4) is 0 Å². The minimum atomic E-state index is -0.203. The SMILES string of the molecule is O=C(/C=C/c1cccc2ccccc12)CC(=O)/C=C/c1cccc2ccccc12. The van der Waals surface area contributed by atoms with Crippen LogP contribution in [0.5, 0.6) is 0 Å². The third kappa shape index (κ3) is 4.39. The largest absolute Gasteiger partial charge is 0.294 e. The molecule has 0 bridgehead atoms. The number of hydrogen-bond acceptors (Lipinski definition) is 2. The van der Waals surface area contributed by atoms with Crippen molar-refractivity contribution in [2.24, 2.45) is 0 Å². The Morgan fingerprint density at radius 2 is 0.966 bits per heavy atom. The van der Waals surface area contributed by atoms with E-state index < -0.39 is 0 Å². The standard InChI is InChI=1S/C27H20O2/c28-24(17-15-22-11-5-9-20-7-1-3-13-26(20)22)19-25(29)18-16-23-12-6-10-21-8-2-4-14-27(21)23/h1-18H,19H2/b17-15+,18-16+. The zero-order valence-corrected chi connectivity index (χ0v) is 15.9. The first kappa shape index (κ1) is 18.6. The Morgan fingerprint density at radius 1 is 0.552 bits per heavy atom. The van der Waals surface area contributed by atoms with Gasteiger partial charge in [0.25, 0.3) is 0 Å². The molecule has 4 rings (SSSR count). The molecule has 0 aliphatic rings. The molecule has 29 heavy (non-hydrogen) atoms. The van der Waals surface area contributed by atoms with Crippen LogP contribution in [0.15, 0.2) is 97.1 Å². The number of carbonyl (C=O) groups is 2. The highest BCUT2D eigenvalue weighted by Crippen LogP contribution is 2.21. The highest BCUT2D eigenvalue weighted by atomic mass is 16.1. The van der Waals surface area contributed by atoms with Crippen molar-refractivity contribution >= 4 is 45.3 Å². The molecule has 0 radical (unpaired) electrons. The van der Waals surface area contributed by atoms with Gasteiger partial charge in [0, 0.05) is 0 Å². The van der Waals surface area contributed by atoms with E-state index in [4.69, 9.17) is 0 Å². The number of allylic oxidation sites excluding steroid dienone is 2. The predicted molar refractivity (Wildman–Crippen MR) is 121 cm³/mol. The molecule has 0 N–H and O–H groups in total. The molecule has 0 aliphatic carbocycles. The van der Waals surface area contributed by atoms with Gasteiger partial charge in [0.1, 0.15) is 0 Å². The molecule has 0 aliphatic heterocycles. The van der Waals surface area contributed by atoms with E-state index in [1.165, 1.54) is 12.2 Å². The Morgan fingerprint density at radius 3 is 1.45 bits per heavy atom. The molecule has 0 saturated heterocycles. The van der Waals surface area contributed by atoms with Gasteiger partial charge in [-0.05, 0) is 44.8 Å². The van der Waals surface area contributed by atoms with Gasteiger partial charge in [-0.3, -0.25) is 9.59 Å². The van der Waals surface area contributed by atoms with Crippen LogP contribution in [0.25, 0.3) is 33.7 Å². The second-order valence-corrected chi connectivity index (χ2v) is 6.91. The molecule has 0 heterocycles. The summed E-state index contributed by atoms with van der Waals surface area (Å²) in [4.78, 5) is 24.5. The maximum atomic E-state index is 12.2. The summed E-state index contributed by atoms with van der Waals surface area (Å²) >= 11 is 0. The summed E-state index contributed by atoms with van der Waals surface area (Å²) in [6.07, 6.45) is 6.41. The molecule has 4 aromatic carbocycles. The topological polar surface area (TPSA) is 34.1 Å². The molecule has 140 valence electrons. The Balaban J connectivity index is 1.45. The minimum absolute atomic E-state index is 0.136.